The van der Waals surface area contributed by atoms with Crippen molar-refractivity contribution in [2.45, 2.75) is 20.0 Å². The van der Waals surface area contributed by atoms with Crippen LogP contribution in [0.25, 0.3) is 10.9 Å². The number of hydrogen-bond acceptors (Lipinski definition) is 4. The van der Waals surface area contributed by atoms with Gasteiger partial charge in [0.1, 0.15) is 31.9 Å². The van der Waals surface area contributed by atoms with Crippen LogP contribution in [0.1, 0.15) is 28.5 Å². The van der Waals surface area contributed by atoms with Crippen molar-refractivity contribution < 1.29 is 29.2 Å². The number of rotatable bonds is 6. The summed E-state index contributed by atoms with van der Waals surface area (Å²) in [5, 5.41) is 11.6. The monoisotopic (exact) mass is 455 g/mol. The van der Waals surface area contributed by atoms with E-state index in [1.54, 1.807) is 0 Å². The first-order valence-electron chi connectivity index (χ1n) is 9.74. The number of phenolic OH excluding ortho intramolecular Hbond substituents is 1. The van der Waals surface area contributed by atoms with E-state index >= 15 is 0 Å². The number of phenols is 1. The molecule has 3 N–H and O–H groups in total. The zero-order valence-corrected chi connectivity index (χ0v) is 18.6. The van der Waals surface area contributed by atoms with Gasteiger partial charge >= 0.3 is 5.97 Å². The van der Waals surface area contributed by atoms with Gasteiger partial charge in [0.15, 0.2) is 0 Å². The summed E-state index contributed by atoms with van der Waals surface area (Å²) in [4.78, 5) is 15.5. The smallest absolute Gasteiger partial charge is 0.340 e. The molecule has 0 amide bonds. The number of fused-ring (bicyclic) bond motifs is 1. The summed E-state index contributed by atoms with van der Waals surface area (Å²) < 4.78 is 13.6. The van der Waals surface area contributed by atoms with Gasteiger partial charge in [-0.05, 0) is 28.9 Å². The maximum absolute atomic E-state index is 13.0. The Morgan fingerprint density at radius 3 is 2.68 bits per heavy atom. The number of benzene rings is 1. The number of carbonyl (C=O) groups is 1. The van der Waals surface area contributed by atoms with Gasteiger partial charge in [-0.15, -0.1) is 0 Å². The minimum Gasteiger partial charge on any atom is -0.506 e. The predicted molar refractivity (Wildman–Crippen MR) is 110 cm³/mol. The lowest BCUT2D eigenvalue weighted by Crippen LogP contribution is -3.12. The van der Waals surface area contributed by atoms with Crippen LogP contribution in [0.3, 0.4) is 0 Å². The molecule has 154 valence electrons. The van der Waals surface area contributed by atoms with Crippen LogP contribution >= 0.6 is 15.9 Å². The molecule has 0 atom stereocenters. The van der Waals surface area contributed by atoms with E-state index in [1.807, 2.05) is 34.1 Å². The van der Waals surface area contributed by atoms with E-state index in [2.05, 4.69) is 20.5 Å². The molecule has 0 bridgehead atoms. The highest BCUT2D eigenvalue weighted by Crippen LogP contribution is 2.38. The lowest BCUT2D eigenvalue weighted by molar-refractivity contribution is -0.921. The molecule has 1 aromatic heterocycles. The number of halogens is 1. The molecule has 1 fully saturated rings. The molecule has 2 aromatic rings. The summed E-state index contributed by atoms with van der Waals surface area (Å²) >= 11 is 3.48. The lowest BCUT2D eigenvalue weighted by Gasteiger charge is -2.24. The topological polar surface area (TPSA) is 69.6 Å². The highest BCUT2D eigenvalue weighted by molar-refractivity contribution is 9.10. The number of esters is 1. The SMILES string of the molecule is CCOC(=O)c1c(C[NH+]2CCOCC2)n(C)c2cc(Br)c(O)c(C[NH+](C)C)c12. The van der Waals surface area contributed by atoms with Gasteiger partial charge in [0.25, 0.3) is 0 Å². The summed E-state index contributed by atoms with van der Waals surface area (Å²) in [5.74, 6) is -0.136. The summed E-state index contributed by atoms with van der Waals surface area (Å²) in [7, 11) is 6.03. The van der Waals surface area contributed by atoms with Crippen molar-refractivity contribution in [3.63, 3.8) is 0 Å². The maximum Gasteiger partial charge on any atom is 0.340 e. The van der Waals surface area contributed by atoms with E-state index in [0.717, 1.165) is 59.9 Å². The fraction of sp³-hybridized carbons (Fsp3) is 0.550. The first-order chi connectivity index (χ1) is 13.3. The minimum atomic E-state index is -0.326. The molecule has 0 saturated carbocycles. The zero-order valence-electron chi connectivity index (χ0n) is 17.0. The number of aromatic nitrogens is 1. The second-order valence-corrected chi connectivity index (χ2v) is 8.46. The number of morpholine rings is 1. The van der Waals surface area contributed by atoms with Gasteiger partial charge in [0, 0.05) is 12.4 Å². The van der Waals surface area contributed by atoms with Crippen molar-refractivity contribution in [1.29, 1.82) is 0 Å². The molecule has 3 rings (SSSR count). The predicted octanol–water partition coefficient (Wildman–Crippen LogP) is -0.117. The van der Waals surface area contributed by atoms with Crippen molar-refractivity contribution in [3.05, 3.63) is 27.4 Å². The van der Waals surface area contributed by atoms with Crippen molar-refractivity contribution >= 4 is 32.8 Å². The number of aromatic hydroxyl groups is 1. The van der Waals surface area contributed by atoms with Gasteiger partial charge in [-0.3, -0.25) is 0 Å². The van der Waals surface area contributed by atoms with Crippen molar-refractivity contribution in [2.75, 3.05) is 47.0 Å². The summed E-state index contributed by atoms with van der Waals surface area (Å²) in [6.45, 7) is 6.73. The Morgan fingerprint density at radius 1 is 1.39 bits per heavy atom. The third-order valence-electron chi connectivity index (χ3n) is 5.27. The van der Waals surface area contributed by atoms with Crippen LogP contribution in [0, 0.1) is 0 Å². The van der Waals surface area contributed by atoms with Gasteiger partial charge in [-0.2, -0.15) is 0 Å². The van der Waals surface area contributed by atoms with Crippen LogP contribution in [0.2, 0.25) is 0 Å². The molecule has 0 aliphatic carbocycles. The van der Waals surface area contributed by atoms with Crippen molar-refractivity contribution in [2.24, 2.45) is 7.05 Å². The fourth-order valence-corrected chi connectivity index (χ4v) is 4.36. The number of carbonyl (C=O) groups excluding carboxylic acids is 1. The summed E-state index contributed by atoms with van der Waals surface area (Å²) in [6.07, 6.45) is 0. The van der Waals surface area contributed by atoms with Crippen LogP contribution in [-0.4, -0.2) is 62.6 Å². The van der Waals surface area contributed by atoms with Crippen LogP contribution in [0.15, 0.2) is 10.5 Å². The second kappa shape index (κ2) is 8.82. The van der Waals surface area contributed by atoms with Crippen LogP contribution < -0.4 is 9.80 Å². The molecule has 1 saturated heterocycles. The maximum atomic E-state index is 13.0. The minimum absolute atomic E-state index is 0.190. The molecule has 1 aromatic carbocycles. The first-order valence-corrected chi connectivity index (χ1v) is 10.5. The Kier molecular flexibility index (Phi) is 6.65. The van der Waals surface area contributed by atoms with Gasteiger partial charge in [-0.25, -0.2) is 4.79 Å². The zero-order chi connectivity index (χ0) is 20.4. The number of ether oxygens (including phenoxy) is 2. The van der Waals surface area contributed by atoms with Crippen molar-refractivity contribution in [1.82, 2.24) is 4.57 Å². The molecule has 0 spiro atoms. The van der Waals surface area contributed by atoms with Crippen LogP contribution in [0.5, 0.6) is 5.75 Å². The molecule has 7 nitrogen and oxygen atoms in total. The van der Waals surface area contributed by atoms with Gasteiger partial charge in [-0.1, -0.05) is 0 Å². The lowest BCUT2D eigenvalue weighted by atomic mass is 10.0. The quantitative estimate of drug-likeness (QED) is 0.531. The van der Waals surface area contributed by atoms with Gasteiger partial charge < -0.3 is 28.9 Å². The van der Waals surface area contributed by atoms with Gasteiger partial charge in [0.2, 0.25) is 0 Å². The van der Waals surface area contributed by atoms with Crippen molar-refractivity contribution in [3.8, 4) is 5.75 Å². The van der Waals surface area contributed by atoms with Crippen LogP contribution in [-0.2, 0) is 29.6 Å². The summed E-state index contributed by atoms with van der Waals surface area (Å²) in [5.41, 5.74) is 3.22. The van der Waals surface area contributed by atoms with E-state index in [0.29, 0.717) is 23.2 Å². The van der Waals surface area contributed by atoms with E-state index in [-0.39, 0.29) is 11.7 Å². The molecule has 0 radical (unpaired) electrons. The number of nitrogens with zero attached hydrogens (tertiary/aromatic N) is 1. The molecule has 8 heteroatoms. The fourth-order valence-electron chi connectivity index (χ4n) is 3.91. The van der Waals surface area contributed by atoms with E-state index in [9.17, 15) is 9.90 Å². The Hall–Kier alpha value is -1.61. The number of aryl methyl sites for hydroxylation is 1. The standard InChI is InChI=1S/C20H28BrN3O4/c1-5-28-20(26)18-16(12-24-6-8-27-9-7-24)23(4)15-10-14(21)19(25)13(17(15)18)11-22(2)3/h10,25H,5-9,11-12H2,1-4H3/p+2. The van der Waals surface area contributed by atoms with E-state index in [4.69, 9.17) is 9.47 Å². The Bertz CT molecular complexity index is 872. The first kappa shape index (κ1) is 21.1. The molecular formula is C20H30BrN3O4+2. The van der Waals surface area contributed by atoms with Crippen LogP contribution in [0.4, 0.5) is 0 Å². The summed E-state index contributed by atoms with van der Waals surface area (Å²) in [6, 6.07) is 1.89. The Labute approximate surface area is 173 Å². The largest absolute Gasteiger partial charge is 0.506 e. The molecular weight excluding hydrogens is 426 g/mol. The highest BCUT2D eigenvalue weighted by Gasteiger charge is 2.30. The average molecular weight is 456 g/mol. The normalized spacial score (nSPS) is 15.5. The highest BCUT2D eigenvalue weighted by atomic mass is 79.9. The van der Waals surface area contributed by atoms with Gasteiger partial charge in [0.05, 0.1) is 60.7 Å². The molecule has 1 aliphatic rings. The molecule has 28 heavy (non-hydrogen) atoms. The van der Waals surface area contributed by atoms with E-state index < -0.39 is 0 Å². The number of hydrogen-bond donors (Lipinski definition) is 3. The average Bonchev–Trinajstić information content (AvgIpc) is 2.92. The third-order valence-corrected chi connectivity index (χ3v) is 5.87. The second-order valence-electron chi connectivity index (χ2n) is 7.60. The number of nitrogens with one attached hydrogen (secondary N) is 2. The number of quaternary nitrogens is 2. The Morgan fingerprint density at radius 2 is 2.07 bits per heavy atom. The molecule has 1 aliphatic heterocycles. The molecule has 0 unspecified atom stereocenters. The Balaban J connectivity index is 2.24. The van der Waals surface area contributed by atoms with E-state index in [1.165, 1.54) is 4.90 Å². The third kappa shape index (κ3) is 4.05. The molecule has 2 heterocycles.